The van der Waals surface area contributed by atoms with Gasteiger partial charge in [0.1, 0.15) is 0 Å². The minimum atomic E-state index is -1.63. The number of fused-ring (bicyclic) bond motifs is 1. The fourth-order valence-corrected chi connectivity index (χ4v) is 7.50. The van der Waals surface area contributed by atoms with Crippen molar-refractivity contribution in [2.75, 3.05) is 0 Å². The summed E-state index contributed by atoms with van der Waals surface area (Å²) >= 11 is -1.63. The molecule has 2 aliphatic rings. The van der Waals surface area contributed by atoms with Crippen LogP contribution in [0.15, 0.2) is 82.8 Å². The van der Waals surface area contributed by atoms with Crippen LogP contribution >= 0.6 is 0 Å². The van der Waals surface area contributed by atoms with Crippen molar-refractivity contribution in [3.05, 3.63) is 99.5 Å². The number of benzene rings is 2. The Bertz CT molecular complexity index is 824. The molecule has 1 heteroatoms. The van der Waals surface area contributed by atoms with E-state index in [0.717, 1.165) is 6.42 Å². The third kappa shape index (κ3) is 2.78. The normalized spacial score (nSPS) is 19.5. The number of hydrogen-bond donors (Lipinski definition) is 0. The van der Waals surface area contributed by atoms with Gasteiger partial charge in [0.15, 0.2) is 0 Å². The maximum absolute atomic E-state index is 4.74. The molecule has 0 saturated heterocycles. The topological polar surface area (TPSA) is 0 Å². The van der Waals surface area contributed by atoms with Gasteiger partial charge in [-0.3, -0.25) is 0 Å². The van der Waals surface area contributed by atoms with Crippen molar-refractivity contribution in [3.8, 4) is 0 Å². The van der Waals surface area contributed by atoms with Crippen LogP contribution in [0.5, 0.6) is 0 Å². The monoisotopic (exact) mass is 332 g/mol. The molecule has 4 rings (SSSR count). The molecular weight excluding hydrogens is 312 g/mol. The first-order chi connectivity index (χ1) is 11.3. The van der Waals surface area contributed by atoms with Crippen LogP contribution in [0.25, 0.3) is 6.08 Å². The molecule has 0 aromatic heterocycles. The van der Waals surface area contributed by atoms with Gasteiger partial charge in [-0.2, -0.15) is 0 Å². The van der Waals surface area contributed by atoms with Crippen LogP contribution in [0.2, 0.25) is 0 Å². The molecule has 0 amide bonds. The van der Waals surface area contributed by atoms with Gasteiger partial charge in [-0.1, -0.05) is 0 Å². The molecule has 2 atom stereocenters. The van der Waals surface area contributed by atoms with E-state index >= 15 is 0 Å². The van der Waals surface area contributed by atoms with Gasteiger partial charge in [-0.15, -0.1) is 0 Å². The van der Waals surface area contributed by atoms with Gasteiger partial charge in [0.25, 0.3) is 0 Å². The molecule has 0 fully saturated rings. The van der Waals surface area contributed by atoms with Gasteiger partial charge in [0.2, 0.25) is 0 Å². The fraction of sp³-hybridized carbons (Fsp3) is 0.136. The van der Waals surface area contributed by atoms with E-state index in [4.69, 9.17) is 4.82 Å². The molecule has 2 unspecified atom stereocenters. The zero-order valence-corrected chi connectivity index (χ0v) is 14.7. The molecule has 112 valence electrons. The molecule has 23 heavy (non-hydrogen) atoms. The summed E-state index contributed by atoms with van der Waals surface area (Å²) in [4.78, 5) is 4.74. The predicted octanol–water partition coefficient (Wildman–Crippen LogP) is 5.43. The minimum absolute atomic E-state index is 0.475. The maximum atomic E-state index is 4.74. The standard InChI is InChI=1S/C16H13.C5H5.CH2.Ti/c1-2-6-13(7-3-1)12-15-11-10-14-8-4-5-9-16(14)15;1-2-4-5-3-1;;/h1-12,15H;1-3H,4H2;1H2;. The van der Waals surface area contributed by atoms with Crippen LogP contribution in [-0.4, -0.2) is 4.82 Å². The van der Waals surface area contributed by atoms with Crippen LogP contribution in [-0.2, 0) is 17.4 Å². The average molecular weight is 332 g/mol. The number of allylic oxidation sites excluding steroid dienone is 5. The van der Waals surface area contributed by atoms with E-state index < -0.39 is 17.4 Å². The summed E-state index contributed by atoms with van der Waals surface area (Å²) in [7, 11) is 0. The third-order valence-electron chi connectivity index (χ3n) is 4.92. The number of hydrogen-bond acceptors (Lipinski definition) is 0. The van der Waals surface area contributed by atoms with E-state index in [1.165, 1.54) is 16.7 Å². The Morgan fingerprint density at radius 2 is 1.78 bits per heavy atom. The van der Waals surface area contributed by atoms with Crippen LogP contribution < -0.4 is 0 Å². The summed E-state index contributed by atoms with van der Waals surface area (Å²) in [5, 5.41) is 0. The number of rotatable bonds is 4. The Morgan fingerprint density at radius 3 is 2.57 bits per heavy atom. The van der Waals surface area contributed by atoms with Crippen molar-refractivity contribution in [3.63, 3.8) is 0 Å². The second kappa shape index (κ2) is 6.39. The molecule has 0 radical (unpaired) electrons. The Hall–Kier alpha value is -1.76. The van der Waals surface area contributed by atoms with Crippen LogP contribution in [0.1, 0.15) is 33.3 Å². The Morgan fingerprint density at radius 1 is 1.00 bits per heavy atom. The second-order valence-corrected chi connectivity index (χ2v) is 9.87. The van der Waals surface area contributed by atoms with Gasteiger partial charge in [-0.25, -0.2) is 0 Å². The second-order valence-electron chi connectivity index (χ2n) is 6.25. The molecule has 0 N–H and O–H groups in total. The van der Waals surface area contributed by atoms with Crippen molar-refractivity contribution in [1.82, 2.24) is 0 Å². The summed E-state index contributed by atoms with van der Waals surface area (Å²) in [6, 6.07) is 19.8. The quantitative estimate of drug-likeness (QED) is 0.655. The van der Waals surface area contributed by atoms with Gasteiger partial charge in [0.05, 0.1) is 0 Å². The van der Waals surface area contributed by atoms with Gasteiger partial charge >= 0.3 is 144 Å². The SMILES string of the molecule is [CH2]=[Ti]([C]1=CC=CC1)[CH](c1ccccc1)C1C=Cc2ccccc21. The molecule has 0 saturated carbocycles. The Kier molecular flexibility index (Phi) is 4.12. The summed E-state index contributed by atoms with van der Waals surface area (Å²) in [5.74, 6) is 0.475. The van der Waals surface area contributed by atoms with E-state index in [1.54, 1.807) is 3.88 Å². The van der Waals surface area contributed by atoms with Crippen molar-refractivity contribution in [1.29, 1.82) is 0 Å². The average Bonchev–Trinajstić information content (AvgIpc) is 3.26. The van der Waals surface area contributed by atoms with Crippen molar-refractivity contribution >= 4 is 10.9 Å². The van der Waals surface area contributed by atoms with E-state index in [9.17, 15) is 0 Å². The summed E-state index contributed by atoms with van der Waals surface area (Å²) in [6.45, 7) is 0. The molecule has 0 bridgehead atoms. The van der Waals surface area contributed by atoms with E-state index in [1.807, 2.05) is 0 Å². The van der Waals surface area contributed by atoms with Crippen LogP contribution in [0.4, 0.5) is 0 Å². The van der Waals surface area contributed by atoms with Crippen molar-refractivity contribution in [2.24, 2.45) is 0 Å². The predicted molar refractivity (Wildman–Crippen MR) is 96.4 cm³/mol. The zero-order chi connectivity index (χ0) is 15.6. The van der Waals surface area contributed by atoms with Gasteiger partial charge in [-0.05, 0) is 0 Å². The van der Waals surface area contributed by atoms with Crippen molar-refractivity contribution < 1.29 is 17.4 Å². The van der Waals surface area contributed by atoms with Crippen molar-refractivity contribution in [2.45, 2.75) is 16.6 Å². The third-order valence-corrected chi connectivity index (χ3v) is 9.04. The summed E-state index contributed by atoms with van der Waals surface area (Å²) < 4.78 is 2.15. The van der Waals surface area contributed by atoms with Crippen LogP contribution in [0.3, 0.4) is 0 Å². The zero-order valence-electron chi connectivity index (χ0n) is 13.2. The molecule has 0 heterocycles. The molecule has 2 aromatic rings. The molecule has 2 aromatic carbocycles. The van der Waals surface area contributed by atoms with E-state index in [0.29, 0.717) is 10.1 Å². The van der Waals surface area contributed by atoms with Crippen LogP contribution in [0, 0.1) is 0 Å². The Balaban J connectivity index is 1.78. The van der Waals surface area contributed by atoms with E-state index in [2.05, 4.69) is 85.0 Å². The first-order valence-corrected chi connectivity index (χ1v) is 11.0. The summed E-state index contributed by atoms with van der Waals surface area (Å²) in [6.07, 6.45) is 12.6. The molecule has 0 aliphatic heterocycles. The molecule has 0 spiro atoms. The molecule has 0 nitrogen and oxygen atoms in total. The Labute approximate surface area is 144 Å². The van der Waals surface area contributed by atoms with E-state index in [-0.39, 0.29) is 0 Å². The molecule has 2 aliphatic carbocycles. The first kappa shape index (κ1) is 14.8. The van der Waals surface area contributed by atoms with Gasteiger partial charge in [0, 0.05) is 0 Å². The summed E-state index contributed by atoms with van der Waals surface area (Å²) in [5.41, 5.74) is 4.31. The molecular formula is C22H20Ti. The van der Waals surface area contributed by atoms with Gasteiger partial charge < -0.3 is 0 Å². The first-order valence-electron chi connectivity index (χ1n) is 8.21. The fourth-order valence-electron chi connectivity index (χ4n) is 3.74.